The molecule has 3 rings (SSSR count). The van der Waals surface area contributed by atoms with Crippen molar-refractivity contribution >= 4 is 23.2 Å². The monoisotopic (exact) mass is 435 g/mol. The molecular formula is C23H25N5O4. The van der Waals surface area contributed by atoms with Crippen LogP contribution in [0.1, 0.15) is 18.5 Å². The minimum Gasteiger partial charge on any atom is -0.493 e. The maximum atomic E-state index is 12.3. The summed E-state index contributed by atoms with van der Waals surface area (Å²) in [5, 5.41) is 9.51. The Bertz CT molecular complexity index is 1060. The number of nitrogens with zero attached hydrogens (tertiary/aromatic N) is 3. The number of hydrogen-bond donors (Lipinski definition) is 2. The minimum absolute atomic E-state index is 0.176. The van der Waals surface area contributed by atoms with E-state index in [0.717, 1.165) is 5.56 Å². The molecule has 1 unspecified atom stereocenters. The van der Waals surface area contributed by atoms with E-state index in [4.69, 9.17) is 9.47 Å². The SMILES string of the molecule is C=CCc1ccc(OCC(=O)Nc2ccc(NC(=O)C(C)n3cncn3)cc2)c(OC)c1. The first-order chi connectivity index (χ1) is 15.5. The van der Waals surface area contributed by atoms with Gasteiger partial charge in [0.05, 0.1) is 7.11 Å². The van der Waals surface area contributed by atoms with Gasteiger partial charge in [-0.25, -0.2) is 9.67 Å². The molecule has 0 fully saturated rings. The summed E-state index contributed by atoms with van der Waals surface area (Å²) in [7, 11) is 1.55. The third-order valence-corrected chi connectivity index (χ3v) is 4.62. The molecule has 0 saturated carbocycles. The van der Waals surface area contributed by atoms with Crippen molar-refractivity contribution in [2.24, 2.45) is 0 Å². The Hall–Kier alpha value is -4.14. The van der Waals surface area contributed by atoms with E-state index in [0.29, 0.717) is 29.3 Å². The van der Waals surface area contributed by atoms with Crippen LogP contribution in [0.4, 0.5) is 11.4 Å². The lowest BCUT2D eigenvalue weighted by Gasteiger charge is -2.13. The highest BCUT2D eigenvalue weighted by atomic mass is 16.5. The second-order valence-corrected chi connectivity index (χ2v) is 6.93. The number of allylic oxidation sites excluding steroid dienone is 1. The minimum atomic E-state index is -0.503. The number of methoxy groups -OCH3 is 1. The first-order valence-electron chi connectivity index (χ1n) is 9.95. The molecule has 1 aromatic heterocycles. The van der Waals surface area contributed by atoms with Crippen LogP contribution in [0.15, 0.2) is 67.8 Å². The van der Waals surface area contributed by atoms with Crippen LogP contribution in [0.5, 0.6) is 11.5 Å². The molecule has 0 aliphatic rings. The second kappa shape index (κ2) is 10.8. The van der Waals surface area contributed by atoms with Gasteiger partial charge in [0.25, 0.3) is 5.91 Å². The summed E-state index contributed by atoms with van der Waals surface area (Å²) in [5.74, 6) is 0.486. The molecule has 0 saturated heterocycles. The normalized spacial score (nSPS) is 11.3. The van der Waals surface area contributed by atoms with Crippen molar-refractivity contribution < 1.29 is 19.1 Å². The molecule has 166 valence electrons. The molecule has 2 aromatic carbocycles. The first kappa shape index (κ1) is 22.5. The molecule has 1 atom stereocenters. The number of benzene rings is 2. The van der Waals surface area contributed by atoms with Gasteiger partial charge in [-0.2, -0.15) is 5.10 Å². The van der Waals surface area contributed by atoms with Crippen molar-refractivity contribution in [2.75, 3.05) is 24.4 Å². The Labute approximate surface area is 186 Å². The number of rotatable bonds is 10. The van der Waals surface area contributed by atoms with Crippen LogP contribution in [0, 0.1) is 0 Å². The Morgan fingerprint density at radius 1 is 1.12 bits per heavy atom. The second-order valence-electron chi connectivity index (χ2n) is 6.93. The van der Waals surface area contributed by atoms with E-state index in [-0.39, 0.29) is 18.4 Å². The van der Waals surface area contributed by atoms with Crippen molar-refractivity contribution in [1.82, 2.24) is 14.8 Å². The summed E-state index contributed by atoms with van der Waals surface area (Å²) >= 11 is 0. The summed E-state index contributed by atoms with van der Waals surface area (Å²) in [4.78, 5) is 28.4. The number of carbonyl (C=O) groups excluding carboxylic acids is 2. The van der Waals surface area contributed by atoms with Gasteiger partial charge >= 0.3 is 0 Å². The Morgan fingerprint density at radius 3 is 2.47 bits per heavy atom. The van der Waals surface area contributed by atoms with Gasteiger partial charge in [-0.3, -0.25) is 9.59 Å². The van der Waals surface area contributed by atoms with Crippen molar-refractivity contribution in [1.29, 1.82) is 0 Å². The Kier molecular flexibility index (Phi) is 7.58. The van der Waals surface area contributed by atoms with Crippen LogP contribution >= 0.6 is 0 Å². The van der Waals surface area contributed by atoms with Crippen LogP contribution in [0.3, 0.4) is 0 Å². The molecule has 0 radical (unpaired) electrons. The van der Waals surface area contributed by atoms with E-state index in [1.54, 1.807) is 50.4 Å². The van der Waals surface area contributed by atoms with Gasteiger partial charge < -0.3 is 20.1 Å². The highest BCUT2D eigenvalue weighted by Crippen LogP contribution is 2.28. The molecule has 3 aromatic rings. The molecular weight excluding hydrogens is 410 g/mol. The zero-order valence-electron chi connectivity index (χ0n) is 17.9. The molecule has 1 heterocycles. The average Bonchev–Trinajstić information content (AvgIpc) is 3.34. The van der Waals surface area contributed by atoms with Crippen LogP contribution in [0.2, 0.25) is 0 Å². The van der Waals surface area contributed by atoms with Gasteiger partial charge in [0, 0.05) is 11.4 Å². The van der Waals surface area contributed by atoms with Crippen molar-refractivity contribution in [2.45, 2.75) is 19.4 Å². The van der Waals surface area contributed by atoms with Crippen LogP contribution < -0.4 is 20.1 Å². The van der Waals surface area contributed by atoms with E-state index < -0.39 is 6.04 Å². The molecule has 0 spiro atoms. The smallest absolute Gasteiger partial charge is 0.262 e. The Morgan fingerprint density at radius 2 is 1.84 bits per heavy atom. The molecule has 9 nitrogen and oxygen atoms in total. The molecule has 2 amide bonds. The Balaban J connectivity index is 1.51. The third-order valence-electron chi connectivity index (χ3n) is 4.62. The molecule has 9 heteroatoms. The van der Waals surface area contributed by atoms with Crippen LogP contribution in [-0.4, -0.2) is 40.3 Å². The number of nitrogens with one attached hydrogen (secondary N) is 2. The summed E-state index contributed by atoms with van der Waals surface area (Å²) in [6.45, 7) is 5.27. The standard InChI is InChI=1S/C23H25N5O4/c1-4-5-17-6-11-20(21(12-17)31-3)32-13-22(29)26-18-7-9-19(10-8-18)27-23(30)16(2)28-15-24-14-25-28/h4,6-12,14-16H,1,5,13H2,2-3H3,(H,26,29)(H,27,30). The fourth-order valence-corrected chi connectivity index (χ4v) is 2.89. The molecule has 0 aliphatic carbocycles. The lowest BCUT2D eigenvalue weighted by Crippen LogP contribution is -2.24. The summed E-state index contributed by atoms with van der Waals surface area (Å²) < 4.78 is 12.4. The molecule has 2 N–H and O–H groups in total. The summed E-state index contributed by atoms with van der Waals surface area (Å²) in [6.07, 6.45) is 5.37. The number of hydrogen-bond acceptors (Lipinski definition) is 6. The fourth-order valence-electron chi connectivity index (χ4n) is 2.89. The highest BCUT2D eigenvalue weighted by Gasteiger charge is 2.15. The lowest BCUT2D eigenvalue weighted by molar-refractivity contribution is -0.119. The van der Waals surface area contributed by atoms with E-state index in [1.165, 1.54) is 17.3 Å². The van der Waals surface area contributed by atoms with E-state index in [9.17, 15) is 9.59 Å². The number of carbonyl (C=O) groups is 2. The number of aromatic nitrogens is 3. The molecule has 32 heavy (non-hydrogen) atoms. The van der Waals surface area contributed by atoms with Crippen molar-refractivity contribution in [3.05, 3.63) is 73.3 Å². The molecule has 0 aliphatic heterocycles. The largest absolute Gasteiger partial charge is 0.493 e. The molecule has 0 bridgehead atoms. The third kappa shape index (κ3) is 5.94. The van der Waals surface area contributed by atoms with Gasteiger partial charge in [-0.15, -0.1) is 6.58 Å². The van der Waals surface area contributed by atoms with Gasteiger partial charge in [-0.1, -0.05) is 12.1 Å². The summed E-state index contributed by atoms with van der Waals surface area (Å²) in [6, 6.07) is 11.8. The van der Waals surface area contributed by atoms with Crippen molar-refractivity contribution in [3.63, 3.8) is 0 Å². The predicted octanol–water partition coefficient (Wildman–Crippen LogP) is 3.23. The fraction of sp³-hybridized carbons (Fsp3) is 0.217. The van der Waals surface area contributed by atoms with Gasteiger partial charge in [0.1, 0.15) is 18.7 Å². The number of anilines is 2. The topological polar surface area (TPSA) is 107 Å². The maximum Gasteiger partial charge on any atom is 0.262 e. The van der Waals surface area contributed by atoms with E-state index >= 15 is 0 Å². The average molecular weight is 435 g/mol. The van der Waals surface area contributed by atoms with Gasteiger partial charge in [0.2, 0.25) is 5.91 Å². The van der Waals surface area contributed by atoms with Gasteiger partial charge in [-0.05, 0) is 55.3 Å². The summed E-state index contributed by atoms with van der Waals surface area (Å²) in [5.41, 5.74) is 2.21. The quantitative estimate of drug-likeness (QED) is 0.474. The van der Waals surface area contributed by atoms with E-state index in [1.807, 2.05) is 12.1 Å². The highest BCUT2D eigenvalue weighted by molar-refractivity contribution is 5.94. The maximum absolute atomic E-state index is 12.3. The number of amides is 2. The van der Waals surface area contributed by atoms with Crippen LogP contribution in [-0.2, 0) is 16.0 Å². The van der Waals surface area contributed by atoms with Gasteiger partial charge in [0.15, 0.2) is 18.1 Å². The zero-order chi connectivity index (χ0) is 22.9. The van der Waals surface area contributed by atoms with Crippen LogP contribution in [0.25, 0.3) is 0 Å². The zero-order valence-corrected chi connectivity index (χ0v) is 17.9. The lowest BCUT2D eigenvalue weighted by atomic mass is 10.1. The first-order valence-corrected chi connectivity index (χ1v) is 9.95. The van der Waals surface area contributed by atoms with E-state index in [2.05, 4.69) is 27.3 Å². The predicted molar refractivity (Wildman–Crippen MR) is 121 cm³/mol. The number of ether oxygens (including phenoxy) is 2. The van der Waals surface area contributed by atoms with Crippen molar-refractivity contribution in [3.8, 4) is 11.5 Å².